The summed E-state index contributed by atoms with van der Waals surface area (Å²) in [5.74, 6) is 0. The van der Waals surface area contributed by atoms with Crippen molar-refractivity contribution >= 4 is 5.65 Å². The Morgan fingerprint density at radius 2 is 1.67 bits per heavy atom. The normalized spacial score (nSPS) is 8.67. The van der Waals surface area contributed by atoms with Crippen LogP contribution < -0.4 is 0 Å². The summed E-state index contributed by atoms with van der Waals surface area (Å²) in [6.45, 7) is 12.2. The first-order chi connectivity index (χ1) is 7.27. The van der Waals surface area contributed by atoms with Gasteiger partial charge >= 0.3 is 0 Å². The smallest absolute Gasteiger partial charge is 0.139 e. The van der Waals surface area contributed by atoms with E-state index in [4.69, 9.17) is 0 Å². The number of aryl methyl sites for hydroxylation is 2. The van der Waals surface area contributed by atoms with Crippen LogP contribution in [0.3, 0.4) is 0 Å². The van der Waals surface area contributed by atoms with Gasteiger partial charge in [0.25, 0.3) is 0 Å². The van der Waals surface area contributed by atoms with Crippen LogP contribution >= 0.6 is 0 Å². The molecule has 0 fully saturated rings. The molecule has 2 heteroatoms. The van der Waals surface area contributed by atoms with Gasteiger partial charge in [0.1, 0.15) is 5.65 Å². The highest BCUT2D eigenvalue weighted by Crippen LogP contribution is 2.09. The van der Waals surface area contributed by atoms with E-state index in [9.17, 15) is 0 Å². The van der Waals surface area contributed by atoms with Crippen molar-refractivity contribution in [2.24, 2.45) is 0 Å². The van der Waals surface area contributed by atoms with Crippen LogP contribution in [0.2, 0.25) is 0 Å². The zero-order valence-electron chi connectivity index (χ0n) is 10.7. The topological polar surface area (TPSA) is 17.3 Å². The molecule has 2 heterocycles. The van der Waals surface area contributed by atoms with E-state index in [0.29, 0.717) is 0 Å². The Balaban J connectivity index is 0.000000442. The molecule has 0 aliphatic carbocycles. The van der Waals surface area contributed by atoms with Crippen LogP contribution in [0.25, 0.3) is 5.65 Å². The molecular weight excluding hydrogens is 184 g/mol. The Kier molecular flexibility index (Phi) is 6.43. The van der Waals surface area contributed by atoms with Crippen molar-refractivity contribution in [3.8, 4) is 0 Å². The zero-order valence-corrected chi connectivity index (χ0v) is 10.7. The van der Waals surface area contributed by atoms with Gasteiger partial charge in [-0.3, -0.25) is 0 Å². The molecule has 0 saturated heterocycles. The van der Waals surface area contributed by atoms with Crippen molar-refractivity contribution in [3.05, 3.63) is 35.8 Å². The lowest BCUT2D eigenvalue weighted by Crippen LogP contribution is -1.88. The molecule has 0 aliphatic rings. The number of rotatable bonds is 0. The standard InChI is InChI=1S/C9H10N2.2C2H6/c1-7-5-8(2)9-10-3-4-11(9)6-7;2*1-2/h3-6H,1-2H3;2*1-2H3. The van der Waals surface area contributed by atoms with Gasteiger partial charge in [-0.25, -0.2) is 4.98 Å². The predicted octanol–water partition coefficient (Wildman–Crippen LogP) is 4.00. The van der Waals surface area contributed by atoms with Gasteiger partial charge in [0, 0.05) is 18.6 Å². The summed E-state index contributed by atoms with van der Waals surface area (Å²) in [5, 5.41) is 0. The SMILES string of the molecule is CC.CC.Cc1cc(C)c2nccn2c1. The molecule has 0 spiro atoms. The van der Waals surface area contributed by atoms with Gasteiger partial charge in [-0.05, 0) is 25.0 Å². The summed E-state index contributed by atoms with van der Waals surface area (Å²) in [6, 6.07) is 2.14. The lowest BCUT2D eigenvalue weighted by Gasteiger charge is -1.98. The van der Waals surface area contributed by atoms with Gasteiger partial charge in [-0.15, -0.1) is 0 Å². The van der Waals surface area contributed by atoms with Crippen LogP contribution in [0, 0.1) is 13.8 Å². The summed E-state index contributed by atoms with van der Waals surface area (Å²) in [5.41, 5.74) is 3.55. The van der Waals surface area contributed by atoms with Crippen LogP contribution in [0.15, 0.2) is 24.7 Å². The summed E-state index contributed by atoms with van der Waals surface area (Å²) >= 11 is 0. The van der Waals surface area contributed by atoms with Crippen molar-refractivity contribution in [3.63, 3.8) is 0 Å². The molecule has 0 unspecified atom stereocenters. The highest BCUT2D eigenvalue weighted by Gasteiger charge is 1.97. The number of pyridine rings is 1. The maximum absolute atomic E-state index is 4.22. The Bertz CT molecular complexity index is 388. The average Bonchev–Trinajstić information content (AvgIpc) is 2.72. The van der Waals surface area contributed by atoms with E-state index in [0.717, 1.165) is 5.65 Å². The molecule has 0 bridgehead atoms. The molecule has 84 valence electrons. The number of nitrogens with zero attached hydrogens (tertiary/aromatic N) is 2. The number of hydrogen-bond acceptors (Lipinski definition) is 1. The second-order valence-corrected chi connectivity index (χ2v) is 2.86. The molecular formula is C13H22N2. The van der Waals surface area contributed by atoms with Gasteiger partial charge in [-0.1, -0.05) is 33.8 Å². The van der Waals surface area contributed by atoms with Gasteiger partial charge in [0.05, 0.1) is 0 Å². The van der Waals surface area contributed by atoms with E-state index in [1.807, 2.05) is 44.5 Å². The maximum atomic E-state index is 4.22. The minimum absolute atomic E-state index is 1.05. The van der Waals surface area contributed by atoms with Gasteiger partial charge in [-0.2, -0.15) is 0 Å². The Labute approximate surface area is 93.0 Å². The van der Waals surface area contributed by atoms with E-state index in [1.54, 1.807) is 0 Å². The maximum Gasteiger partial charge on any atom is 0.139 e. The lowest BCUT2D eigenvalue weighted by molar-refractivity contribution is 1.13. The highest BCUT2D eigenvalue weighted by molar-refractivity contribution is 5.47. The van der Waals surface area contributed by atoms with E-state index in [1.165, 1.54) is 11.1 Å². The Morgan fingerprint density at radius 1 is 1.07 bits per heavy atom. The van der Waals surface area contributed by atoms with Crippen molar-refractivity contribution in [1.82, 2.24) is 9.38 Å². The van der Waals surface area contributed by atoms with Crippen LogP contribution in [0.4, 0.5) is 0 Å². The molecule has 0 aromatic carbocycles. The molecule has 15 heavy (non-hydrogen) atoms. The molecule has 2 aromatic rings. The van der Waals surface area contributed by atoms with E-state index < -0.39 is 0 Å². The number of fused-ring (bicyclic) bond motifs is 1. The average molecular weight is 206 g/mol. The Morgan fingerprint density at radius 3 is 2.27 bits per heavy atom. The number of hydrogen-bond donors (Lipinski definition) is 0. The quantitative estimate of drug-likeness (QED) is 0.636. The van der Waals surface area contributed by atoms with Crippen LogP contribution in [-0.2, 0) is 0 Å². The third-order valence-electron chi connectivity index (χ3n) is 1.81. The first-order valence-corrected chi connectivity index (χ1v) is 5.67. The second kappa shape index (κ2) is 7.04. The van der Waals surface area contributed by atoms with Crippen LogP contribution in [0.1, 0.15) is 38.8 Å². The summed E-state index contributed by atoms with van der Waals surface area (Å²) in [6.07, 6.45) is 5.87. The molecule has 0 radical (unpaired) electrons. The summed E-state index contributed by atoms with van der Waals surface area (Å²) in [7, 11) is 0. The minimum atomic E-state index is 1.05. The molecule has 0 atom stereocenters. The van der Waals surface area contributed by atoms with Gasteiger partial charge in [0.15, 0.2) is 0 Å². The number of aromatic nitrogens is 2. The van der Waals surface area contributed by atoms with Crippen molar-refractivity contribution < 1.29 is 0 Å². The monoisotopic (exact) mass is 206 g/mol. The Hall–Kier alpha value is -1.31. The minimum Gasteiger partial charge on any atom is -0.307 e. The molecule has 2 aromatic heterocycles. The fraction of sp³-hybridized carbons (Fsp3) is 0.462. The van der Waals surface area contributed by atoms with E-state index in [-0.39, 0.29) is 0 Å². The van der Waals surface area contributed by atoms with Crippen molar-refractivity contribution in [1.29, 1.82) is 0 Å². The van der Waals surface area contributed by atoms with E-state index >= 15 is 0 Å². The third-order valence-corrected chi connectivity index (χ3v) is 1.81. The first-order valence-electron chi connectivity index (χ1n) is 5.67. The summed E-state index contributed by atoms with van der Waals surface area (Å²) in [4.78, 5) is 4.22. The molecule has 0 amide bonds. The van der Waals surface area contributed by atoms with Crippen LogP contribution in [-0.4, -0.2) is 9.38 Å². The highest BCUT2D eigenvalue weighted by atomic mass is 15.0. The molecule has 0 N–H and O–H groups in total. The number of imidazole rings is 1. The lowest BCUT2D eigenvalue weighted by atomic mass is 10.2. The zero-order chi connectivity index (χ0) is 11.8. The fourth-order valence-electron chi connectivity index (χ4n) is 1.39. The second-order valence-electron chi connectivity index (χ2n) is 2.86. The predicted molar refractivity (Wildman–Crippen MR) is 67.4 cm³/mol. The molecule has 2 nitrogen and oxygen atoms in total. The van der Waals surface area contributed by atoms with Crippen LogP contribution in [0.5, 0.6) is 0 Å². The molecule has 0 aliphatic heterocycles. The molecule has 0 saturated carbocycles. The van der Waals surface area contributed by atoms with E-state index in [2.05, 4.69) is 31.1 Å². The van der Waals surface area contributed by atoms with Crippen molar-refractivity contribution in [2.75, 3.05) is 0 Å². The fourth-order valence-corrected chi connectivity index (χ4v) is 1.39. The molecule has 2 rings (SSSR count). The largest absolute Gasteiger partial charge is 0.307 e. The van der Waals surface area contributed by atoms with Gasteiger partial charge in [0.2, 0.25) is 0 Å². The van der Waals surface area contributed by atoms with Crippen molar-refractivity contribution in [2.45, 2.75) is 41.5 Å². The summed E-state index contributed by atoms with van der Waals surface area (Å²) < 4.78 is 2.05. The first kappa shape index (κ1) is 13.7. The van der Waals surface area contributed by atoms with Gasteiger partial charge < -0.3 is 4.40 Å². The third kappa shape index (κ3) is 3.39.